The summed E-state index contributed by atoms with van der Waals surface area (Å²) in [6.07, 6.45) is 7.31. The van der Waals surface area contributed by atoms with Gasteiger partial charge in [0.25, 0.3) is 0 Å². The van der Waals surface area contributed by atoms with Gasteiger partial charge in [0, 0.05) is 59.8 Å². The molecule has 0 fully saturated rings. The van der Waals surface area contributed by atoms with Crippen LogP contribution in [-0.4, -0.2) is 29.3 Å². The van der Waals surface area contributed by atoms with Crippen molar-refractivity contribution in [3.05, 3.63) is 77.4 Å². The minimum absolute atomic E-state index is 0.111. The molecule has 0 amide bonds. The number of nitrogens with zero attached hydrogens (tertiary/aromatic N) is 6. The molecule has 0 spiro atoms. The predicted molar refractivity (Wildman–Crippen MR) is 117 cm³/mol. The largest absolute Gasteiger partial charge is 0.346 e. The van der Waals surface area contributed by atoms with Crippen molar-refractivity contribution in [3.8, 4) is 28.6 Å². The van der Waals surface area contributed by atoms with Crippen LogP contribution in [-0.2, 0) is 13.6 Å². The normalized spacial score (nSPS) is 14.9. The summed E-state index contributed by atoms with van der Waals surface area (Å²) in [5.74, 6) is 0.334. The minimum atomic E-state index is -0.287. The van der Waals surface area contributed by atoms with E-state index in [0.717, 1.165) is 50.4 Å². The van der Waals surface area contributed by atoms with Crippen molar-refractivity contribution >= 4 is 11.0 Å². The van der Waals surface area contributed by atoms with E-state index in [1.165, 1.54) is 6.07 Å². The van der Waals surface area contributed by atoms with Crippen LogP contribution in [0.3, 0.4) is 0 Å². The van der Waals surface area contributed by atoms with Crippen LogP contribution < -0.4 is 0 Å². The van der Waals surface area contributed by atoms with Gasteiger partial charge in [-0.15, -0.1) is 0 Å². The third kappa shape index (κ3) is 2.54. The number of aromatic amines is 1. The van der Waals surface area contributed by atoms with Gasteiger partial charge in [0.05, 0.1) is 12.2 Å². The first-order valence-corrected chi connectivity index (χ1v) is 10.3. The van der Waals surface area contributed by atoms with Crippen LogP contribution in [0, 0.1) is 17.1 Å². The summed E-state index contributed by atoms with van der Waals surface area (Å²) in [7, 11) is 1.77. The third-order valence-corrected chi connectivity index (χ3v) is 6.30. The zero-order chi connectivity index (χ0) is 22.0. The molecule has 0 aliphatic carbocycles. The zero-order valence-corrected chi connectivity index (χ0v) is 17.5. The van der Waals surface area contributed by atoms with E-state index in [1.807, 2.05) is 23.0 Å². The van der Waals surface area contributed by atoms with E-state index in [-0.39, 0.29) is 11.7 Å². The van der Waals surface area contributed by atoms with Crippen molar-refractivity contribution in [3.63, 3.8) is 0 Å². The Kier molecular flexibility index (Phi) is 3.83. The lowest BCUT2D eigenvalue weighted by molar-refractivity contribution is 0.624. The first-order chi connectivity index (χ1) is 15.5. The minimum Gasteiger partial charge on any atom is -0.346 e. The summed E-state index contributed by atoms with van der Waals surface area (Å²) >= 11 is 0. The smallest absolute Gasteiger partial charge is 0.146 e. The van der Waals surface area contributed by atoms with E-state index in [0.29, 0.717) is 12.2 Å². The second kappa shape index (κ2) is 6.62. The zero-order valence-electron chi connectivity index (χ0n) is 17.5. The molecule has 1 atom stereocenters. The van der Waals surface area contributed by atoms with Gasteiger partial charge < -0.3 is 9.55 Å². The Morgan fingerprint density at radius 2 is 2.09 bits per heavy atom. The topological polar surface area (TPSA) is 88.1 Å². The van der Waals surface area contributed by atoms with Crippen LogP contribution >= 0.6 is 0 Å². The second-order valence-electron chi connectivity index (χ2n) is 8.10. The van der Waals surface area contributed by atoms with Gasteiger partial charge in [-0.25, -0.2) is 14.4 Å². The fraction of sp³-hybridized carbons (Fsp3) is 0.167. The lowest BCUT2D eigenvalue weighted by Gasteiger charge is -2.18. The molecule has 2 bridgehead atoms. The van der Waals surface area contributed by atoms with Gasteiger partial charge in [-0.3, -0.25) is 4.68 Å². The molecule has 32 heavy (non-hydrogen) atoms. The maximum absolute atomic E-state index is 14.4. The van der Waals surface area contributed by atoms with Crippen LogP contribution in [0.25, 0.3) is 33.5 Å². The number of benzene rings is 1. The number of aryl methyl sites for hydroxylation is 1. The Labute approximate surface area is 182 Å². The lowest BCUT2D eigenvalue weighted by Crippen LogP contribution is -2.07. The number of hydrogen-bond acceptors (Lipinski definition) is 4. The first-order valence-electron chi connectivity index (χ1n) is 10.3. The molecule has 5 heterocycles. The average molecular weight is 423 g/mol. The highest BCUT2D eigenvalue weighted by Gasteiger charge is 2.25. The standard InChI is InChI=1S/C24H18FN7/c1-13-17-8-15(25)3-4-16(17)24-27-5-6-32(24)12-20-22(21(9-26)31(2)30-20)14-7-18-19(13)11-29-23(18)28-10-14/h3-8,10-11,13H,12H2,1-2H3,(H,28,29)/t13-/m1/s1. The van der Waals surface area contributed by atoms with E-state index >= 15 is 0 Å². The summed E-state index contributed by atoms with van der Waals surface area (Å²) in [5, 5.41) is 15.4. The van der Waals surface area contributed by atoms with Crippen LogP contribution in [0.4, 0.5) is 4.39 Å². The molecule has 1 N–H and O–H groups in total. The Bertz CT molecular complexity index is 1560. The highest BCUT2D eigenvalue weighted by molar-refractivity contribution is 5.87. The number of pyridine rings is 1. The van der Waals surface area contributed by atoms with Gasteiger partial charge in [0.15, 0.2) is 0 Å². The molecule has 8 heteroatoms. The molecule has 5 aromatic rings. The molecular formula is C24H18FN7. The number of imidazole rings is 1. The number of nitrogens with one attached hydrogen (secondary N) is 1. The SMILES string of the molecule is C[C@@H]1c2cc(F)ccc2-c2nccn2Cc2nn(C)c(C#N)c2-c2cnc3[nH]cc1c3c2. The number of fused-ring (bicyclic) bond motifs is 6. The predicted octanol–water partition coefficient (Wildman–Crippen LogP) is 4.35. The molecule has 0 unspecified atom stereocenters. The maximum Gasteiger partial charge on any atom is 0.146 e. The molecule has 4 aromatic heterocycles. The van der Waals surface area contributed by atoms with E-state index in [1.54, 1.807) is 36.3 Å². The van der Waals surface area contributed by atoms with Gasteiger partial charge in [-0.1, -0.05) is 6.92 Å². The highest BCUT2D eigenvalue weighted by atomic mass is 19.1. The van der Waals surface area contributed by atoms with Gasteiger partial charge in [0.1, 0.15) is 29.1 Å². The number of rotatable bonds is 0. The van der Waals surface area contributed by atoms with Crippen LogP contribution in [0.15, 0.2) is 49.1 Å². The first kappa shape index (κ1) is 18.5. The molecule has 0 saturated heterocycles. The van der Waals surface area contributed by atoms with Crippen molar-refractivity contribution in [1.29, 1.82) is 5.26 Å². The molecular weight excluding hydrogens is 405 g/mol. The number of halogens is 1. The van der Waals surface area contributed by atoms with Crippen molar-refractivity contribution in [2.75, 3.05) is 0 Å². The average Bonchev–Trinajstić information content (AvgIpc) is 3.49. The maximum atomic E-state index is 14.4. The molecule has 0 saturated carbocycles. The number of aromatic nitrogens is 6. The summed E-state index contributed by atoms with van der Waals surface area (Å²) < 4.78 is 17.9. The van der Waals surface area contributed by atoms with Gasteiger partial charge in [-0.05, 0) is 35.4 Å². The quantitative estimate of drug-likeness (QED) is 0.401. The summed E-state index contributed by atoms with van der Waals surface area (Å²) in [5.41, 5.74) is 6.28. The molecule has 1 aliphatic rings. The number of H-pyrrole nitrogens is 1. The second-order valence-corrected chi connectivity index (χ2v) is 8.10. The molecule has 1 aromatic carbocycles. The Morgan fingerprint density at radius 1 is 1.22 bits per heavy atom. The van der Waals surface area contributed by atoms with Gasteiger partial charge >= 0.3 is 0 Å². The highest BCUT2D eigenvalue weighted by Crippen LogP contribution is 2.39. The van der Waals surface area contributed by atoms with Crippen molar-refractivity contribution in [1.82, 2.24) is 29.3 Å². The molecule has 0 radical (unpaired) electrons. The fourth-order valence-corrected chi connectivity index (χ4v) is 4.75. The monoisotopic (exact) mass is 423 g/mol. The third-order valence-electron chi connectivity index (χ3n) is 6.30. The molecule has 6 rings (SSSR count). The van der Waals surface area contributed by atoms with Crippen molar-refractivity contribution in [2.24, 2.45) is 7.05 Å². The van der Waals surface area contributed by atoms with E-state index in [9.17, 15) is 9.65 Å². The van der Waals surface area contributed by atoms with Crippen molar-refractivity contribution < 1.29 is 4.39 Å². The van der Waals surface area contributed by atoms with Crippen LogP contribution in [0.2, 0.25) is 0 Å². The van der Waals surface area contributed by atoms with Gasteiger partial charge in [-0.2, -0.15) is 10.4 Å². The Balaban J connectivity index is 1.74. The summed E-state index contributed by atoms with van der Waals surface area (Å²) in [6, 6.07) is 9.16. The van der Waals surface area contributed by atoms with Gasteiger partial charge in [0.2, 0.25) is 0 Å². The fourth-order valence-electron chi connectivity index (χ4n) is 4.75. The summed E-state index contributed by atoms with van der Waals surface area (Å²) in [6.45, 7) is 2.48. The molecule has 7 nitrogen and oxygen atoms in total. The molecule has 1 aliphatic heterocycles. The van der Waals surface area contributed by atoms with E-state index in [4.69, 9.17) is 0 Å². The lowest BCUT2D eigenvalue weighted by atomic mass is 9.88. The summed E-state index contributed by atoms with van der Waals surface area (Å²) in [4.78, 5) is 12.4. The molecule has 156 valence electrons. The van der Waals surface area contributed by atoms with Crippen LogP contribution in [0.1, 0.15) is 35.4 Å². The Hall–Kier alpha value is -4.25. The van der Waals surface area contributed by atoms with E-state index < -0.39 is 0 Å². The van der Waals surface area contributed by atoms with E-state index in [2.05, 4.69) is 33.0 Å². The Morgan fingerprint density at radius 3 is 2.94 bits per heavy atom. The number of hydrogen-bond donors (Lipinski definition) is 1. The number of nitriles is 1. The van der Waals surface area contributed by atoms with Crippen LogP contribution in [0.5, 0.6) is 0 Å². The van der Waals surface area contributed by atoms with Crippen molar-refractivity contribution in [2.45, 2.75) is 19.4 Å².